The summed E-state index contributed by atoms with van der Waals surface area (Å²) in [6.07, 6.45) is 3.70. The van der Waals surface area contributed by atoms with E-state index in [9.17, 15) is 0 Å². The van der Waals surface area contributed by atoms with Crippen LogP contribution in [-0.4, -0.2) is 24.3 Å². The molecule has 0 aromatic heterocycles. The Morgan fingerprint density at radius 3 is 2.18 bits per heavy atom. The molecule has 5 N–H and O–H groups in total. The molecule has 0 aromatic carbocycles. The largest absolute Gasteiger partial charge is 0.396 e. The number of nitrogens with two attached hydrogens (primary N) is 2. The molecule has 0 radical (unpaired) electrons. The van der Waals surface area contributed by atoms with E-state index in [0.717, 1.165) is 25.7 Å². The van der Waals surface area contributed by atoms with Crippen molar-refractivity contribution in [1.82, 2.24) is 0 Å². The Bertz CT molecular complexity index is 65.5. The molecule has 0 fully saturated rings. The second kappa shape index (κ2) is 10.2. The highest BCUT2D eigenvalue weighted by Gasteiger charge is 1.99. The quantitative estimate of drug-likeness (QED) is 0.552. The van der Waals surface area contributed by atoms with E-state index in [1.165, 1.54) is 0 Å². The van der Waals surface area contributed by atoms with Gasteiger partial charge in [-0.05, 0) is 32.2 Å². The van der Waals surface area contributed by atoms with Crippen LogP contribution in [-0.2, 0) is 0 Å². The van der Waals surface area contributed by atoms with Crippen LogP contribution in [0.1, 0.15) is 25.7 Å². The first-order chi connectivity index (χ1) is 4.81. The van der Waals surface area contributed by atoms with Crippen LogP contribution in [0.4, 0.5) is 0 Å². The van der Waals surface area contributed by atoms with Crippen molar-refractivity contribution < 1.29 is 5.11 Å². The topological polar surface area (TPSA) is 72.3 Å². The van der Waals surface area contributed by atoms with E-state index < -0.39 is 0 Å². The fourth-order valence-corrected chi connectivity index (χ4v) is 0.878. The molecule has 0 aromatic rings. The second-order valence-corrected chi connectivity index (χ2v) is 2.56. The molecule has 1 atom stereocenters. The molecule has 0 aliphatic carbocycles. The Kier molecular flexibility index (Phi) is 12.7. The van der Waals surface area contributed by atoms with Gasteiger partial charge in [-0.2, -0.15) is 0 Å². The molecule has 1 unspecified atom stereocenters. The lowest BCUT2D eigenvalue weighted by Crippen LogP contribution is -2.21. The normalized spacial score (nSPS) is 12.3. The maximum absolute atomic E-state index is 8.46. The third-order valence-corrected chi connectivity index (χ3v) is 1.51. The highest BCUT2D eigenvalue weighted by atomic mass is 35.5. The molecule has 0 aliphatic rings. The number of aliphatic hydroxyl groups is 1. The van der Waals surface area contributed by atoms with Crippen LogP contribution in [0.2, 0.25) is 0 Å². The first kappa shape index (κ1) is 13.7. The van der Waals surface area contributed by atoms with Crippen LogP contribution in [0, 0.1) is 0 Å². The van der Waals surface area contributed by atoms with Gasteiger partial charge >= 0.3 is 0 Å². The summed E-state index contributed by atoms with van der Waals surface area (Å²) in [4.78, 5) is 0. The molecular formula is C7H19ClN2O. The highest BCUT2D eigenvalue weighted by Crippen LogP contribution is 2.00. The zero-order valence-electron chi connectivity index (χ0n) is 6.83. The molecule has 0 rings (SSSR count). The summed E-state index contributed by atoms with van der Waals surface area (Å²) in [5, 5.41) is 8.46. The maximum Gasteiger partial charge on any atom is 0.0431 e. The first-order valence-corrected chi connectivity index (χ1v) is 3.87. The fourth-order valence-electron chi connectivity index (χ4n) is 0.878. The summed E-state index contributed by atoms with van der Waals surface area (Å²) in [7, 11) is 0. The summed E-state index contributed by atoms with van der Waals surface area (Å²) in [5.74, 6) is 0. The first-order valence-electron chi connectivity index (χ1n) is 3.87. The average molecular weight is 183 g/mol. The molecule has 0 aliphatic heterocycles. The van der Waals surface area contributed by atoms with Gasteiger partial charge in [0.25, 0.3) is 0 Å². The van der Waals surface area contributed by atoms with Crippen molar-refractivity contribution in [1.29, 1.82) is 0 Å². The van der Waals surface area contributed by atoms with Gasteiger partial charge in [0.05, 0.1) is 0 Å². The van der Waals surface area contributed by atoms with Crippen molar-refractivity contribution in [3.05, 3.63) is 0 Å². The minimum Gasteiger partial charge on any atom is -0.396 e. The Balaban J connectivity index is 0. The Labute approximate surface area is 74.6 Å². The van der Waals surface area contributed by atoms with Crippen molar-refractivity contribution in [2.75, 3.05) is 13.2 Å². The van der Waals surface area contributed by atoms with Crippen molar-refractivity contribution in [2.24, 2.45) is 11.5 Å². The average Bonchev–Trinajstić information content (AvgIpc) is 1.97. The van der Waals surface area contributed by atoms with Gasteiger partial charge in [-0.15, -0.1) is 12.4 Å². The lowest BCUT2D eigenvalue weighted by Gasteiger charge is -2.08. The maximum atomic E-state index is 8.46. The van der Waals surface area contributed by atoms with Crippen molar-refractivity contribution in [2.45, 2.75) is 31.7 Å². The zero-order chi connectivity index (χ0) is 7.82. The Morgan fingerprint density at radius 1 is 1.18 bits per heavy atom. The van der Waals surface area contributed by atoms with E-state index >= 15 is 0 Å². The van der Waals surface area contributed by atoms with Crippen LogP contribution in [0.25, 0.3) is 0 Å². The fraction of sp³-hybridized carbons (Fsp3) is 1.00. The van der Waals surface area contributed by atoms with E-state index in [1.807, 2.05) is 0 Å². The lowest BCUT2D eigenvalue weighted by molar-refractivity contribution is 0.278. The van der Waals surface area contributed by atoms with E-state index in [-0.39, 0.29) is 25.1 Å². The van der Waals surface area contributed by atoms with E-state index in [2.05, 4.69) is 0 Å². The van der Waals surface area contributed by atoms with Gasteiger partial charge < -0.3 is 16.6 Å². The Morgan fingerprint density at radius 2 is 1.73 bits per heavy atom. The van der Waals surface area contributed by atoms with Crippen molar-refractivity contribution >= 4 is 12.4 Å². The standard InChI is InChI=1S/C7H18N2O.ClH/c8-5-1-3-7(9)4-2-6-10;/h7,10H,1-6,8-9H2;1H. The number of halogens is 1. The minimum atomic E-state index is 0. The molecule has 4 heteroatoms. The van der Waals surface area contributed by atoms with Crippen LogP contribution in [0.15, 0.2) is 0 Å². The monoisotopic (exact) mass is 182 g/mol. The summed E-state index contributed by atoms with van der Waals surface area (Å²) in [6, 6.07) is 0.232. The molecule has 0 amide bonds. The molecule has 0 heterocycles. The molecule has 11 heavy (non-hydrogen) atoms. The van der Waals surface area contributed by atoms with Gasteiger partial charge in [-0.3, -0.25) is 0 Å². The SMILES string of the molecule is Cl.NCCCC(N)CCCO. The second-order valence-electron chi connectivity index (χ2n) is 2.56. The molecule has 0 spiro atoms. The van der Waals surface area contributed by atoms with Crippen LogP contribution >= 0.6 is 12.4 Å². The smallest absolute Gasteiger partial charge is 0.0431 e. The Hall–Kier alpha value is 0.170. The van der Waals surface area contributed by atoms with Gasteiger partial charge in [0, 0.05) is 12.6 Å². The third kappa shape index (κ3) is 10.2. The summed E-state index contributed by atoms with van der Waals surface area (Å²) >= 11 is 0. The molecule has 3 nitrogen and oxygen atoms in total. The van der Waals surface area contributed by atoms with Crippen LogP contribution < -0.4 is 11.5 Å². The summed E-state index contributed by atoms with van der Waals surface area (Å²) < 4.78 is 0. The molecule has 70 valence electrons. The predicted octanol–water partition coefficient (Wildman–Crippen LogP) is 0.247. The predicted molar refractivity (Wildman–Crippen MR) is 49.8 cm³/mol. The molecular weight excluding hydrogens is 164 g/mol. The zero-order valence-corrected chi connectivity index (χ0v) is 7.65. The van der Waals surface area contributed by atoms with Gasteiger partial charge in [0.15, 0.2) is 0 Å². The van der Waals surface area contributed by atoms with Gasteiger partial charge in [0.1, 0.15) is 0 Å². The van der Waals surface area contributed by atoms with Crippen LogP contribution in [0.3, 0.4) is 0 Å². The highest BCUT2D eigenvalue weighted by molar-refractivity contribution is 5.85. The number of rotatable bonds is 6. The van der Waals surface area contributed by atoms with Crippen molar-refractivity contribution in [3.63, 3.8) is 0 Å². The van der Waals surface area contributed by atoms with E-state index in [1.54, 1.807) is 0 Å². The van der Waals surface area contributed by atoms with Gasteiger partial charge in [-0.1, -0.05) is 0 Å². The van der Waals surface area contributed by atoms with Crippen molar-refractivity contribution in [3.8, 4) is 0 Å². The van der Waals surface area contributed by atoms with Crippen LogP contribution in [0.5, 0.6) is 0 Å². The third-order valence-electron chi connectivity index (χ3n) is 1.51. The molecule has 0 bridgehead atoms. The summed E-state index contributed by atoms with van der Waals surface area (Å²) in [6.45, 7) is 0.961. The number of hydrogen-bond acceptors (Lipinski definition) is 3. The molecule has 0 saturated carbocycles. The lowest BCUT2D eigenvalue weighted by atomic mass is 10.1. The van der Waals surface area contributed by atoms with E-state index in [0.29, 0.717) is 6.54 Å². The molecule has 0 saturated heterocycles. The number of aliphatic hydroxyl groups excluding tert-OH is 1. The number of hydrogen-bond donors (Lipinski definition) is 3. The van der Waals surface area contributed by atoms with Gasteiger partial charge in [-0.25, -0.2) is 0 Å². The van der Waals surface area contributed by atoms with E-state index in [4.69, 9.17) is 16.6 Å². The summed E-state index contributed by atoms with van der Waals surface area (Å²) in [5.41, 5.74) is 11.0. The minimum absolute atomic E-state index is 0. The van der Waals surface area contributed by atoms with Gasteiger partial charge in [0.2, 0.25) is 0 Å².